The van der Waals surface area contributed by atoms with Crippen molar-refractivity contribution < 1.29 is 9.53 Å². The van der Waals surface area contributed by atoms with Crippen LogP contribution in [0, 0.1) is 0 Å². The Hall–Kier alpha value is -1.49. The summed E-state index contributed by atoms with van der Waals surface area (Å²) in [4.78, 5) is 17.9. The number of carbonyl (C=O) groups is 1. The van der Waals surface area contributed by atoms with E-state index in [-0.39, 0.29) is 0 Å². The first-order valence-corrected chi connectivity index (χ1v) is 7.95. The molecule has 1 fully saturated rings. The monoisotopic (exact) mass is 292 g/mol. The summed E-state index contributed by atoms with van der Waals surface area (Å²) in [6, 6.07) is 10.3. The number of nitrogens with zero attached hydrogens (tertiary/aromatic N) is 2. The lowest BCUT2D eigenvalue weighted by molar-refractivity contribution is 0.163. The Morgan fingerprint density at radius 1 is 1.35 bits per heavy atom. The lowest BCUT2D eigenvalue weighted by Gasteiger charge is -2.23. The Morgan fingerprint density at radius 3 is 2.90 bits per heavy atom. The number of amidine groups is 1. The molecule has 0 bridgehead atoms. The van der Waals surface area contributed by atoms with Crippen molar-refractivity contribution in [3.8, 4) is 0 Å². The molecule has 0 aromatic heterocycles. The molecule has 0 radical (unpaired) electrons. The molecule has 2 rings (SSSR count). The van der Waals surface area contributed by atoms with Gasteiger partial charge in [-0.15, -0.1) is 0 Å². The Labute approximate surface area is 124 Å². The number of hydrogen-bond acceptors (Lipinski definition) is 3. The summed E-state index contributed by atoms with van der Waals surface area (Å²) in [6.45, 7) is 3.87. The van der Waals surface area contributed by atoms with Crippen molar-refractivity contribution in [2.75, 3.05) is 18.9 Å². The second-order valence-corrected chi connectivity index (χ2v) is 5.62. The van der Waals surface area contributed by atoms with Gasteiger partial charge < -0.3 is 9.64 Å². The van der Waals surface area contributed by atoms with Crippen molar-refractivity contribution in [3.05, 3.63) is 35.9 Å². The van der Waals surface area contributed by atoms with E-state index >= 15 is 0 Å². The highest BCUT2D eigenvalue weighted by molar-refractivity contribution is 8.13. The van der Waals surface area contributed by atoms with Crippen LogP contribution in [0.15, 0.2) is 35.3 Å². The minimum atomic E-state index is -0.491. The minimum Gasteiger partial charge on any atom is -0.448 e. The zero-order valence-corrected chi connectivity index (χ0v) is 12.6. The van der Waals surface area contributed by atoms with Gasteiger partial charge in [-0.1, -0.05) is 42.1 Å². The van der Waals surface area contributed by atoms with Gasteiger partial charge in [0.15, 0.2) is 5.17 Å². The molecule has 0 atom stereocenters. The average Bonchev–Trinajstić information content (AvgIpc) is 2.66. The van der Waals surface area contributed by atoms with E-state index in [4.69, 9.17) is 4.74 Å². The van der Waals surface area contributed by atoms with Crippen LogP contribution in [0.4, 0.5) is 4.79 Å². The first-order valence-electron chi connectivity index (χ1n) is 6.96. The standard InChI is InChI=1S/C15H20N2O2S/c1-2-19-15(18)16-14-17(10-6-7-11-20-14)12-13-8-4-3-5-9-13/h3-5,8-9H,2,6-7,10-12H2,1H3/b16-14-. The van der Waals surface area contributed by atoms with Crippen LogP contribution in [0.1, 0.15) is 25.3 Å². The van der Waals surface area contributed by atoms with E-state index in [0.29, 0.717) is 6.61 Å². The highest BCUT2D eigenvalue weighted by atomic mass is 32.2. The van der Waals surface area contributed by atoms with Crippen molar-refractivity contribution in [2.45, 2.75) is 26.3 Å². The third-order valence-electron chi connectivity index (χ3n) is 3.00. The van der Waals surface area contributed by atoms with Gasteiger partial charge >= 0.3 is 6.09 Å². The predicted octanol–water partition coefficient (Wildman–Crippen LogP) is 3.53. The molecule has 0 unspecified atom stereocenters. The molecule has 1 aromatic carbocycles. The number of ether oxygens (including phenoxy) is 1. The number of rotatable bonds is 3. The van der Waals surface area contributed by atoms with Gasteiger partial charge in [0, 0.05) is 18.8 Å². The maximum absolute atomic E-state index is 11.6. The summed E-state index contributed by atoms with van der Waals surface area (Å²) < 4.78 is 4.92. The molecule has 1 heterocycles. The summed E-state index contributed by atoms with van der Waals surface area (Å²) >= 11 is 1.64. The molecule has 1 aliphatic heterocycles. The topological polar surface area (TPSA) is 41.9 Å². The quantitative estimate of drug-likeness (QED) is 0.854. The van der Waals surface area contributed by atoms with Crippen LogP contribution in [-0.4, -0.2) is 35.1 Å². The zero-order chi connectivity index (χ0) is 14.2. The lowest BCUT2D eigenvalue weighted by atomic mass is 10.2. The molecule has 1 saturated heterocycles. The van der Waals surface area contributed by atoms with Crippen LogP contribution >= 0.6 is 11.8 Å². The summed E-state index contributed by atoms with van der Waals surface area (Å²) in [7, 11) is 0. The zero-order valence-electron chi connectivity index (χ0n) is 11.7. The highest BCUT2D eigenvalue weighted by Gasteiger charge is 2.17. The molecule has 5 heteroatoms. The lowest BCUT2D eigenvalue weighted by Crippen LogP contribution is -2.29. The van der Waals surface area contributed by atoms with Crippen LogP contribution in [0.5, 0.6) is 0 Å². The fraction of sp³-hybridized carbons (Fsp3) is 0.467. The molecule has 20 heavy (non-hydrogen) atoms. The molecule has 1 amide bonds. The number of hydrogen-bond donors (Lipinski definition) is 0. The number of carbonyl (C=O) groups excluding carboxylic acids is 1. The molecule has 108 valence electrons. The highest BCUT2D eigenvalue weighted by Crippen LogP contribution is 2.20. The number of amides is 1. The van der Waals surface area contributed by atoms with Gasteiger partial charge in [0.1, 0.15) is 0 Å². The first kappa shape index (κ1) is 14.9. The SMILES string of the molecule is CCOC(=O)/N=C1\SCCCCN1Cc1ccccc1. The van der Waals surface area contributed by atoms with E-state index < -0.39 is 6.09 Å². The largest absolute Gasteiger partial charge is 0.448 e. The molecule has 0 spiro atoms. The Balaban J connectivity index is 2.10. The van der Waals surface area contributed by atoms with E-state index in [1.165, 1.54) is 5.56 Å². The van der Waals surface area contributed by atoms with E-state index in [9.17, 15) is 4.79 Å². The predicted molar refractivity (Wildman–Crippen MR) is 83.0 cm³/mol. The van der Waals surface area contributed by atoms with Crippen molar-refractivity contribution in [1.82, 2.24) is 4.90 Å². The van der Waals surface area contributed by atoms with Gasteiger partial charge in [-0.2, -0.15) is 4.99 Å². The average molecular weight is 292 g/mol. The molecule has 0 aliphatic carbocycles. The Kier molecular flexibility index (Phi) is 5.92. The van der Waals surface area contributed by atoms with Crippen LogP contribution in [0.25, 0.3) is 0 Å². The van der Waals surface area contributed by atoms with Crippen molar-refractivity contribution >= 4 is 23.0 Å². The molecule has 0 saturated carbocycles. The molecule has 0 N–H and O–H groups in total. The normalized spacial score (nSPS) is 17.9. The van der Waals surface area contributed by atoms with E-state index in [1.807, 2.05) is 18.2 Å². The third-order valence-corrected chi connectivity index (χ3v) is 4.10. The van der Waals surface area contributed by atoms with Crippen LogP contribution in [-0.2, 0) is 11.3 Å². The van der Waals surface area contributed by atoms with Crippen LogP contribution in [0.3, 0.4) is 0 Å². The minimum absolute atomic E-state index is 0.360. The van der Waals surface area contributed by atoms with Gasteiger partial charge in [0.25, 0.3) is 0 Å². The first-order chi connectivity index (χ1) is 9.79. The van der Waals surface area contributed by atoms with Crippen molar-refractivity contribution in [2.24, 2.45) is 4.99 Å². The number of aliphatic imine (C=N–C) groups is 1. The van der Waals surface area contributed by atoms with E-state index in [1.54, 1.807) is 18.7 Å². The van der Waals surface area contributed by atoms with E-state index in [2.05, 4.69) is 22.0 Å². The second-order valence-electron chi connectivity index (χ2n) is 4.56. The molecule has 4 nitrogen and oxygen atoms in total. The molecule has 1 aliphatic rings. The van der Waals surface area contributed by atoms with Crippen LogP contribution in [0.2, 0.25) is 0 Å². The summed E-state index contributed by atoms with van der Waals surface area (Å²) in [6.07, 6.45) is 1.79. The number of thioether (sulfide) groups is 1. The molecular weight excluding hydrogens is 272 g/mol. The van der Waals surface area contributed by atoms with Gasteiger partial charge in [0.05, 0.1) is 6.61 Å². The second kappa shape index (κ2) is 7.94. The number of benzene rings is 1. The van der Waals surface area contributed by atoms with Crippen LogP contribution < -0.4 is 0 Å². The molecular formula is C15H20N2O2S. The maximum Gasteiger partial charge on any atom is 0.436 e. The van der Waals surface area contributed by atoms with Gasteiger partial charge in [-0.3, -0.25) is 0 Å². The van der Waals surface area contributed by atoms with Crippen molar-refractivity contribution in [1.29, 1.82) is 0 Å². The van der Waals surface area contributed by atoms with Gasteiger partial charge in [-0.25, -0.2) is 4.79 Å². The fourth-order valence-corrected chi connectivity index (χ4v) is 3.05. The van der Waals surface area contributed by atoms with Gasteiger partial charge in [0.2, 0.25) is 0 Å². The Bertz CT molecular complexity index is 462. The van der Waals surface area contributed by atoms with Gasteiger partial charge in [-0.05, 0) is 25.3 Å². The fourth-order valence-electron chi connectivity index (χ4n) is 2.04. The maximum atomic E-state index is 11.6. The Morgan fingerprint density at radius 2 is 2.15 bits per heavy atom. The molecule has 1 aromatic rings. The van der Waals surface area contributed by atoms with E-state index in [0.717, 1.165) is 36.9 Å². The smallest absolute Gasteiger partial charge is 0.436 e. The summed E-state index contributed by atoms with van der Waals surface area (Å²) in [5.74, 6) is 1.00. The third kappa shape index (κ3) is 4.56. The van der Waals surface area contributed by atoms with Crippen molar-refractivity contribution in [3.63, 3.8) is 0 Å². The summed E-state index contributed by atoms with van der Waals surface area (Å²) in [5.41, 5.74) is 1.23. The summed E-state index contributed by atoms with van der Waals surface area (Å²) in [5, 5.41) is 0.782.